The molecule has 3 N–H and O–H groups in total. The Labute approximate surface area is 279 Å². The summed E-state index contributed by atoms with van der Waals surface area (Å²) in [6, 6.07) is 19.7. The molecule has 1 atom stereocenters. The van der Waals surface area contributed by atoms with E-state index in [0.717, 1.165) is 5.56 Å². The predicted molar refractivity (Wildman–Crippen MR) is 161 cm³/mol. The third kappa shape index (κ3) is 12.0. The minimum atomic E-state index is -1.32. The average Bonchev–Trinajstić information content (AvgIpc) is 2.98. The molecule has 4 amide bonds. The zero-order valence-corrected chi connectivity index (χ0v) is 27.6. The molecule has 0 saturated carbocycles. The topological polar surface area (TPSA) is 149 Å². The number of rotatable bonds is 15. The number of methoxy groups -OCH3 is 2. The minimum absolute atomic E-state index is 0. The second-order valence-electron chi connectivity index (χ2n) is 9.90. The SMILES string of the molecule is COCCCN(CC(=O)NC(CC(=O)[O-])c1ccc(OC)cc1)C(=O)Cc1ccc(NC(=O)Nc2ccccc2C)cc1.[Na+]. The summed E-state index contributed by atoms with van der Waals surface area (Å²) >= 11 is 0. The summed E-state index contributed by atoms with van der Waals surface area (Å²) in [5.41, 5.74) is 3.45. The van der Waals surface area contributed by atoms with Crippen molar-refractivity contribution < 1.29 is 63.3 Å². The number of ether oxygens (including phenoxy) is 2. The molecule has 3 aromatic rings. The van der Waals surface area contributed by atoms with Gasteiger partial charge in [0.2, 0.25) is 11.8 Å². The van der Waals surface area contributed by atoms with Crippen LogP contribution in [-0.4, -0.2) is 62.6 Å². The first-order chi connectivity index (χ1) is 20.7. The standard InChI is InChI=1S/C32H38N4O7.Na/c1-22-7-4-5-8-27(22)35-32(41)33-25-13-9-23(10-14-25)19-30(38)36(17-6-18-42-2)21-29(37)34-28(20-31(39)40)24-11-15-26(43-3)16-12-24;/h4-5,7-16,28H,6,17-21H2,1-3H3,(H,34,37)(H,39,40)(H2,33,35,41);/q;+1/p-1. The number of nitrogens with one attached hydrogen (secondary N) is 3. The van der Waals surface area contributed by atoms with Crippen LogP contribution in [0.4, 0.5) is 16.2 Å². The van der Waals surface area contributed by atoms with Crippen molar-refractivity contribution in [1.82, 2.24) is 10.2 Å². The molecule has 44 heavy (non-hydrogen) atoms. The van der Waals surface area contributed by atoms with E-state index in [2.05, 4.69) is 16.0 Å². The number of urea groups is 1. The number of hydrogen-bond donors (Lipinski definition) is 3. The normalized spacial score (nSPS) is 11.0. The molecule has 0 heterocycles. The minimum Gasteiger partial charge on any atom is -0.550 e. The van der Waals surface area contributed by atoms with Gasteiger partial charge in [0.05, 0.1) is 26.1 Å². The molecule has 0 aliphatic heterocycles. The number of aryl methyl sites for hydroxylation is 1. The van der Waals surface area contributed by atoms with Crippen molar-refractivity contribution >= 4 is 35.2 Å². The first-order valence-corrected chi connectivity index (χ1v) is 13.8. The van der Waals surface area contributed by atoms with Crippen LogP contribution >= 0.6 is 0 Å². The number of carboxylic acids is 1. The van der Waals surface area contributed by atoms with Gasteiger partial charge in [-0.3, -0.25) is 9.59 Å². The number of nitrogens with zero attached hydrogens (tertiary/aromatic N) is 1. The molecule has 12 heteroatoms. The fourth-order valence-corrected chi connectivity index (χ4v) is 4.35. The van der Waals surface area contributed by atoms with E-state index in [-0.39, 0.29) is 61.0 Å². The molecule has 1 unspecified atom stereocenters. The van der Waals surface area contributed by atoms with Crippen LogP contribution in [-0.2, 0) is 25.5 Å². The van der Waals surface area contributed by atoms with E-state index in [0.29, 0.717) is 41.3 Å². The molecule has 0 aliphatic carbocycles. The first-order valence-electron chi connectivity index (χ1n) is 13.8. The fraction of sp³-hybridized carbons (Fsp3) is 0.312. The molecule has 3 rings (SSSR count). The summed E-state index contributed by atoms with van der Waals surface area (Å²) in [5.74, 6) is -1.52. The number of carboxylic acid groups (broad SMARTS) is 1. The monoisotopic (exact) mass is 612 g/mol. The van der Waals surface area contributed by atoms with Crippen LogP contribution in [0.3, 0.4) is 0 Å². The van der Waals surface area contributed by atoms with E-state index in [1.54, 1.807) is 55.6 Å². The second kappa shape index (κ2) is 18.7. The van der Waals surface area contributed by atoms with Gasteiger partial charge in [-0.15, -0.1) is 0 Å². The van der Waals surface area contributed by atoms with Crippen LogP contribution in [0, 0.1) is 6.92 Å². The quantitative estimate of drug-likeness (QED) is 0.162. The molecule has 228 valence electrons. The van der Waals surface area contributed by atoms with Gasteiger partial charge < -0.3 is 40.2 Å². The summed E-state index contributed by atoms with van der Waals surface area (Å²) in [6.45, 7) is 2.30. The molecule has 11 nitrogen and oxygen atoms in total. The van der Waals surface area contributed by atoms with Crippen molar-refractivity contribution in [2.75, 3.05) is 44.5 Å². The molecule has 3 aromatic carbocycles. The Kier molecular flexibility index (Phi) is 15.4. The average molecular weight is 613 g/mol. The van der Waals surface area contributed by atoms with E-state index in [4.69, 9.17) is 9.47 Å². The third-order valence-electron chi connectivity index (χ3n) is 6.65. The Morgan fingerprint density at radius 2 is 1.59 bits per heavy atom. The van der Waals surface area contributed by atoms with Gasteiger partial charge in [0.15, 0.2) is 0 Å². The summed E-state index contributed by atoms with van der Waals surface area (Å²) in [6.07, 6.45) is 0.102. The number of hydrogen-bond acceptors (Lipinski definition) is 7. The molecule has 0 bridgehead atoms. The fourth-order valence-electron chi connectivity index (χ4n) is 4.35. The first kappa shape index (κ1) is 36.3. The number of aliphatic carboxylic acids is 1. The molecule has 0 aliphatic rings. The molecular formula is C32H37N4NaO7. The van der Waals surface area contributed by atoms with Gasteiger partial charge in [-0.2, -0.15) is 0 Å². The Hall–Kier alpha value is -3.90. The van der Waals surface area contributed by atoms with E-state index in [1.807, 2.05) is 31.2 Å². The Bertz CT molecular complexity index is 1380. The zero-order chi connectivity index (χ0) is 31.2. The van der Waals surface area contributed by atoms with Gasteiger partial charge in [0.25, 0.3) is 0 Å². The van der Waals surface area contributed by atoms with Gasteiger partial charge in [-0.25, -0.2) is 4.79 Å². The largest absolute Gasteiger partial charge is 1.00 e. The number of para-hydroxylation sites is 1. The van der Waals surface area contributed by atoms with Crippen molar-refractivity contribution in [2.24, 2.45) is 0 Å². The van der Waals surface area contributed by atoms with Crippen molar-refractivity contribution in [3.8, 4) is 5.75 Å². The van der Waals surface area contributed by atoms with Crippen LogP contribution in [0.1, 0.15) is 35.6 Å². The van der Waals surface area contributed by atoms with E-state index >= 15 is 0 Å². The molecule has 0 aromatic heterocycles. The maximum absolute atomic E-state index is 13.3. The van der Waals surface area contributed by atoms with Crippen LogP contribution < -0.4 is 55.4 Å². The summed E-state index contributed by atoms with van der Waals surface area (Å²) in [7, 11) is 3.07. The van der Waals surface area contributed by atoms with Crippen LogP contribution in [0.15, 0.2) is 72.8 Å². The summed E-state index contributed by atoms with van der Waals surface area (Å²) < 4.78 is 10.3. The molecular weight excluding hydrogens is 575 g/mol. The van der Waals surface area contributed by atoms with Gasteiger partial charge in [0, 0.05) is 44.0 Å². The maximum atomic E-state index is 13.3. The van der Waals surface area contributed by atoms with Gasteiger partial charge >= 0.3 is 35.6 Å². The van der Waals surface area contributed by atoms with Crippen molar-refractivity contribution in [2.45, 2.75) is 32.2 Å². The van der Waals surface area contributed by atoms with Crippen molar-refractivity contribution in [1.29, 1.82) is 0 Å². The Morgan fingerprint density at radius 1 is 0.909 bits per heavy atom. The van der Waals surface area contributed by atoms with Crippen LogP contribution in [0.2, 0.25) is 0 Å². The zero-order valence-electron chi connectivity index (χ0n) is 25.6. The number of benzene rings is 3. The van der Waals surface area contributed by atoms with Crippen molar-refractivity contribution in [3.05, 3.63) is 89.5 Å². The number of amides is 4. The second-order valence-corrected chi connectivity index (χ2v) is 9.90. The van der Waals surface area contributed by atoms with E-state index in [1.165, 1.54) is 12.0 Å². The predicted octanol–water partition coefficient (Wildman–Crippen LogP) is 0.0567. The van der Waals surface area contributed by atoms with E-state index < -0.39 is 24.3 Å². The third-order valence-corrected chi connectivity index (χ3v) is 6.65. The summed E-state index contributed by atoms with van der Waals surface area (Å²) in [5, 5.41) is 19.7. The van der Waals surface area contributed by atoms with Gasteiger partial charge in [-0.1, -0.05) is 42.5 Å². The van der Waals surface area contributed by atoms with Crippen LogP contribution in [0.5, 0.6) is 5.75 Å². The Balaban J connectivity index is 0.00000675. The van der Waals surface area contributed by atoms with Crippen LogP contribution in [0.25, 0.3) is 0 Å². The van der Waals surface area contributed by atoms with Gasteiger partial charge in [0.1, 0.15) is 5.75 Å². The number of anilines is 2. The van der Waals surface area contributed by atoms with Gasteiger partial charge in [-0.05, 0) is 60.4 Å². The number of carbonyl (C=O) groups is 4. The molecule has 0 saturated heterocycles. The number of carbonyl (C=O) groups excluding carboxylic acids is 4. The molecule has 0 radical (unpaired) electrons. The van der Waals surface area contributed by atoms with Crippen molar-refractivity contribution in [3.63, 3.8) is 0 Å². The smallest absolute Gasteiger partial charge is 0.550 e. The maximum Gasteiger partial charge on any atom is 1.00 e. The molecule has 0 spiro atoms. The Morgan fingerprint density at radius 3 is 2.20 bits per heavy atom. The molecule has 0 fully saturated rings. The van der Waals surface area contributed by atoms with E-state index in [9.17, 15) is 24.3 Å². The summed E-state index contributed by atoms with van der Waals surface area (Å²) in [4.78, 5) is 51.5.